The number of rotatable bonds is 4. The second-order valence-corrected chi connectivity index (χ2v) is 9.16. The van der Waals surface area contributed by atoms with Crippen molar-refractivity contribution in [2.45, 2.75) is 4.90 Å². The predicted octanol–water partition coefficient (Wildman–Crippen LogP) is 4.58. The lowest BCUT2D eigenvalue weighted by atomic mass is 10.1. The topological polar surface area (TPSA) is 60.2 Å². The van der Waals surface area contributed by atoms with E-state index in [1.54, 1.807) is 24.3 Å². The lowest BCUT2D eigenvalue weighted by molar-refractivity contribution is 0.588. The Morgan fingerprint density at radius 1 is 0.786 bits per heavy atom. The fraction of sp³-hybridized carbons (Fsp3) is 0.0455. The largest absolute Gasteiger partial charge is 0.435 e. The highest BCUT2D eigenvalue weighted by Gasteiger charge is 2.18. The average molecular weight is 407 g/mol. The summed E-state index contributed by atoms with van der Waals surface area (Å²) in [4.78, 5) is 5.01. The van der Waals surface area contributed by atoms with Crippen LogP contribution in [0.3, 0.4) is 0 Å². The van der Waals surface area contributed by atoms with Gasteiger partial charge in [0, 0.05) is 22.9 Å². The molecule has 1 heterocycles. The molecule has 0 saturated heterocycles. The quantitative estimate of drug-likeness (QED) is 0.465. The van der Waals surface area contributed by atoms with Crippen LogP contribution < -0.4 is 5.30 Å². The molecule has 0 fully saturated rings. The van der Waals surface area contributed by atoms with Crippen molar-refractivity contribution in [3.63, 3.8) is 0 Å². The van der Waals surface area contributed by atoms with Crippen LogP contribution in [-0.4, -0.2) is 19.7 Å². The Morgan fingerprint density at radius 2 is 1.39 bits per heavy atom. The van der Waals surface area contributed by atoms with Crippen molar-refractivity contribution in [3.8, 4) is 34.0 Å². The zero-order valence-corrected chi connectivity index (χ0v) is 17.1. The number of aromatic nitrogens is 1. The van der Waals surface area contributed by atoms with Crippen molar-refractivity contribution in [3.05, 3.63) is 78.9 Å². The molecule has 4 rings (SSSR count). The summed E-state index contributed by atoms with van der Waals surface area (Å²) in [7, 11) is -0.592. The normalized spacial score (nSPS) is 11.5. The Kier molecular flexibility index (Phi) is 4.88. The maximum atomic E-state index is 11.8. The van der Waals surface area contributed by atoms with Crippen molar-refractivity contribution >= 4 is 24.4 Å². The number of oxazole rings is 1. The molecule has 0 amide bonds. The third kappa shape index (κ3) is 3.77. The van der Waals surface area contributed by atoms with Gasteiger partial charge >= 0.3 is 0 Å². The molecule has 140 valence electrons. The first kappa shape index (κ1) is 18.6. The van der Waals surface area contributed by atoms with Gasteiger partial charge in [-0.3, -0.25) is 0 Å². The third-order valence-corrected chi connectivity index (χ3v) is 5.89. The molecular weight excluding hydrogens is 389 g/mol. The van der Waals surface area contributed by atoms with Gasteiger partial charge in [-0.05, 0) is 41.7 Å². The molecule has 0 radical (unpaired) electrons. The van der Waals surface area contributed by atoms with Gasteiger partial charge in [0.15, 0.2) is 15.6 Å². The summed E-state index contributed by atoms with van der Waals surface area (Å²) in [5.41, 5.74) is 3.30. The Balaban J connectivity index is 1.87. The van der Waals surface area contributed by atoms with Crippen molar-refractivity contribution < 1.29 is 12.8 Å². The van der Waals surface area contributed by atoms with Crippen LogP contribution in [0.2, 0.25) is 0 Å². The van der Waals surface area contributed by atoms with E-state index in [0.29, 0.717) is 11.7 Å². The number of sulfone groups is 1. The van der Waals surface area contributed by atoms with E-state index in [-0.39, 0.29) is 4.90 Å². The van der Waals surface area contributed by atoms with Crippen LogP contribution in [0, 0.1) is 0 Å². The molecule has 1 aromatic heterocycles. The molecule has 0 bridgehead atoms. The van der Waals surface area contributed by atoms with Crippen LogP contribution in [0.5, 0.6) is 0 Å². The van der Waals surface area contributed by atoms with Gasteiger partial charge < -0.3 is 4.42 Å². The molecule has 0 aliphatic rings. The molecule has 1 atom stereocenters. The summed E-state index contributed by atoms with van der Waals surface area (Å²) >= 11 is 0. The first-order valence-electron chi connectivity index (χ1n) is 8.64. The summed E-state index contributed by atoms with van der Waals surface area (Å²) in [5, 5.41) is 1.08. The van der Waals surface area contributed by atoms with E-state index in [1.807, 2.05) is 54.6 Å². The van der Waals surface area contributed by atoms with E-state index in [1.165, 1.54) is 6.26 Å². The molecule has 0 aliphatic heterocycles. The average Bonchev–Trinajstić information content (AvgIpc) is 3.14. The first-order chi connectivity index (χ1) is 13.4. The molecular formula is C22H18NO3PS. The molecule has 1 unspecified atom stereocenters. The monoisotopic (exact) mass is 407 g/mol. The summed E-state index contributed by atoms with van der Waals surface area (Å²) in [6, 6.07) is 24.3. The summed E-state index contributed by atoms with van der Waals surface area (Å²) < 4.78 is 29.6. The zero-order valence-electron chi connectivity index (χ0n) is 15.2. The van der Waals surface area contributed by atoms with E-state index >= 15 is 0 Å². The maximum Gasteiger partial charge on any atom is 0.227 e. The second kappa shape index (κ2) is 7.34. The highest BCUT2D eigenvalue weighted by Crippen LogP contribution is 2.36. The fourth-order valence-corrected chi connectivity index (χ4v) is 3.73. The Hall–Kier alpha value is -2.75. The standard InChI is InChI=1S/C22H18NO3PS/c1-28(24,25)19-13-9-16(10-14-19)21-20(15-7-11-18(27)12-8-15)23-22(26-21)17-5-3-2-4-6-17/h2-14H,27H2,1H3. The van der Waals surface area contributed by atoms with Gasteiger partial charge in [0.2, 0.25) is 5.89 Å². The second-order valence-electron chi connectivity index (χ2n) is 6.48. The minimum Gasteiger partial charge on any atom is -0.435 e. The van der Waals surface area contributed by atoms with Gasteiger partial charge in [-0.2, -0.15) is 0 Å². The van der Waals surface area contributed by atoms with Crippen molar-refractivity contribution in [1.82, 2.24) is 4.98 Å². The van der Waals surface area contributed by atoms with Gasteiger partial charge in [0.25, 0.3) is 0 Å². The van der Waals surface area contributed by atoms with Gasteiger partial charge in [0.1, 0.15) is 5.69 Å². The first-order valence-corrected chi connectivity index (χ1v) is 11.1. The van der Waals surface area contributed by atoms with E-state index in [0.717, 1.165) is 27.7 Å². The van der Waals surface area contributed by atoms with E-state index < -0.39 is 9.84 Å². The van der Waals surface area contributed by atoms with Gasteiger partial charge in [-0.1, -0.05) is 42.5 Å². The molecule has 6 heteroatoms. The van der Waals surface area contributed by atoms with E-state index in [9.17, 15) is 8.42 Å². The molecule has 0 spiro atoms. The molecule has 28 heavy (non-hydrogen) atoms. The minimum absolute atomic E-state index is 0.271. The highest BCUT2D eigenvalue weighted by molar-refractivity contribution is 7.90. The van der Waals surface area contributed by atoms with E-state index in [2.05, 4.69) is 9.24 Å². The minimum atomic E-state index is -3.26. The van der Waals surface area contributed by atoms with Gasteiger partial charge in [-0.25, -0.2) is 13.4 Å². The van der Waals surface area contributed by atoms with Crippen molar-refractivity contribution in [2.75, 3.05) is 6.26 Å². The van der Waals surface area contributed by atoms with Gasteiger partial charge in [0.05, 0.1) is 4.90 Å². The van der Waals surface area contributed by atoms with Crippen molar-refractivity contribution in [1.29, 1.82) is 0 Å². The third-order valence-electron chi connectivity index (χ3n) is 4.38. The summed E-state index contributed by atoms with van der Waals surface area (Å²) in [6.07, 6.45) is 1.19. The molecule has 4 nitrogen and oxygen atoms in total. The molecule has 0 N–H and O–H groups in total. The fourth-order valence-electron chi connectivity index (χ4n) is 2.91. The smallest absolute Gasteiger partial charge is 0.227 e. The Morgan fingerprint density at radius 3 is 2.00 bits per heavy atom. The van der Waals surface area contributed by atoms with Gasteiger partial charge in [-0.15, -0.1) is 9.24 Å². The highest BCUT2D eigenvalue weighted by atomic mass is 32.2. The molecule has 4 aromatic rings. The van der Waals surface area contributed by atoms with Crippen molar-refractivity contribution in [2.24, 2.45) is 0 Å². The van der Waals surface area contributed by atoms with Crippen LogP contribution in [0.1, 0.15) is 0 Å². The molecule has 0 saturated carbocycles. The number of hydrogen-bond acceptors (Lipinski definition) is 4. The lowest BCUT2D eigenvalue weighted by Gasteiger charge is -2.04. The van der Waals surface area contributed by atoms with E-state index in [4.69, 9.17) is 9.40 Å². The molecule has 0 aliphatic carbocycles. The lowest BCUT2D eigenvalue weighted by Crippen LogP contribution is -1.96. The van der Waals surface area contributed by atoms with Crippen LogP contribution in [0.4, 0.5) is 0 Å². The summed E-state index contributed by atoms with van der Waals surface area (Å²) in [5.74, 6) is 1.13. The van der Waals surface area contributed by atoms with Crippen LogP contribution in [0.15, 0.2) is 88.2 Å². The Labute approximate surface area is 166 Å². The maximum absolute atomic E-state index is 11.8. The number of nitrogens with zero attached hydrogens (tertiary/aromatic N) is 1. The predicted molar refractivity (Wildman–Crippen MR) is 115 cm³/mol. The zero-order chi connectivity index (χ0) is 19.7. The molecule has 3 aromatic carbocycles. The van der Waals surface area contributed by atoms with Crippen LogP contribution >= 0.6 is 9.24 Å². The van der Waals surface area contributed by atoms with Crippen LogP contribution in [0.25, 0.3) is 34.0 Å². The summed E-state index contributed by atoms with van der Waals surface area (Å²) in [6.45, 7) is 0. The number of benzene rings is 3. The SMILES string of the molecule is CS(=O)(=O)c1ccc(-c2oc(-c3ccccc3)nc2-c2ccc(P)cc2)cc1. The number of hydrogen-bond donors (Lipinski definition) is 0. The van der Waals surface area contributed by atoms with Crippen LogP contribution in [-0.2, 0) is 9.84 Å². The Bertz CT molecular complexity index is 1210.